The number of carbonyl (C=O) groups excluding carboxylic acids is 1. The Labute approximate surface area is 255 Å². The molecule has 2 aliphatic heterocycles. The third-order valence-corrected chi connectivity index (χ3v) is 8.47. The maximum atomic E-state index is 17.1. The van der Waals surface area contributed by atoms with Gasteiger partial charge >= 0.3 is 5.69 Å². The molecule has 45 heavy (non-hydrogen) atoms. The van der Waals surface area contributed by atoms with Gasteiger partial charge in [0.15, 0.2) is 23.3 Å². The Hall–Kier alpha value is -4.94. The van der Waals surface area contributed by atoms with E-state index in [1.807, 2.05) is 13.8 Å². The Morgan fingerprint density at radius 1 is 1.11 bits per heavy atom. The zero-order chi connectivity index (χ0) is 32.5. The normalized spacial score (nSPS) is 17.7. The second-order valence-corrected chi connectivity index (χ2v) is 11.7. The molecule has 4 heterocycles. The van der Waals surface area contributed by atoms with Gasteiger partial charge in [0.1, 0.15) is 17.1 Å². The lowest BCUT2D eigenvalue weighted by Crippen LogP contribution is -2.61. The number of aryl methyl sites for hydroxylation is 1. The van der Waals surface area contributed by atoms with E-state index < -0.39 is 63.4 Å². The molecule has 2 aromatic heterocycles. The van der Waals surface area contributed by atoms with Crippen molar-refractivity contribution in [3.8, 4) is 22.6 Å². The molecule has 2 aromatic carbocycles. The van der Waals surface area contributed by atoms with Gasteiger partial charge in [-0.1, -0.05) is 20.4 Å². The van der Waals surface area contributed by atoms with Gasteiger partial charge in [0.05, 0.1) is 39.6 Å². The van der Waals surface area contributed by atoms with Gasteiger partial charge in [0, 0.05) is 31.9 Å². The number of piperazine rings is 1. The Morgan fingerprint density at radius 2 is 1.84 bits per heavy atom. The predicted octanol–water partition coefficient (Wildman–Crippen LogP) is 5.16. The Balaban J connectivity index is 1.79. The van der Waals surface area contributed by atoms with Gasteiger partial charge in [-0.25, -0.2) is 22.4 Å². The van der Waals surface area contributed by atoms with Gasteiger partial charge in [-0.3, -0.25) is 14.3 Å². The van der Waals surface area contributed by atoms with E-state index in [0.717, 1.165) is 10.6 Å². The first kappa shape index (κ1) is 30.1. The average molecular weight is 623 g/mol. The van der Waals surface area contributed by atoms with Crippen molar-refractivity contribution in [2.45, 2.75) is 45.7 Å². The zero-order valence-corrected chi connectivity index (χ0v) is 25.0. The summed E-state index contributed by atoms with van der Waals surface area (Å²) in [6.45, 7) is 11.1. The summed E-state index contributed by atoms with van der Waals surface area (Å²) in [5, 5.41) is 13.5. The number of fused-ring (bicyclic) bond motifs is 2. The highest BCUT2D eigenvalue weighted by Gasteiger charge is 2.41. The van der Waals surface area contributed by atoms with Crippen LogP contribution < -0.4 is 15.9 Å². The molecule has 6 rings (SSSR count). The molecule has 0 bridgehead atoms. The number of halogens is 4. The Morgan fingerprint density at radius 3 is 2.53 bits per heavy atom. The van der Waals surface area contributed by atoms with E-state index in [-0.39, 0.29) is 54.0 Å². The highest BCUT2D eigenvalue weighted by Crippen LogP contribution is 2.47. The minimum Gasteiger partial charge on any atom is -0.507 e. The van der Waals surface area contributed by atoms with Crippen molar-refractivity contribution in [2.75, 3.05) is 29.9 Å². The molecule has 13 heteroatoms. The number of phenols is 1. The fourth-order valence-corrected chi connectivity index (χ4v) is 6.50. The topological polar surface area (TPSA) is 104 Å². The number of pyridine rings is 1. The molecule has 1 amide bonds. The monoisotopic (exact) mass is 622 g/mol. The van der Waals surface area contributed by atoms with Crippen molar-refractivity contribution < 1.29 is 27.5 Å². The summed E-state index contributed by atoms with van der Waals surface area (Å²) in [5.41, 5.74) is -2.63. The van der Waals surface area contributed by atoms with Crippen molar-refractivity contribution in [2.24, 2.45) is 0 Å². The Bertz CT molecular complexity index is 1980. The van der Waals surface area contributed by atoms with Crippen molar-refractivity contribution in [3.05, 3.63) is 82.1 Å². The number of anilines is 2. The van der Waals surface area contributed by atoms with Crippen LogP contribution in [0.4, 0.5) is 29.1 Å². The van der Waals surface area contributed by atoms with Crippen LogP contribution >= 0.6 is 0 Å². The van der Waals surface area contributed by atoms with Crippen LogP contribution in [0, 0.1) is 30.2 Å². The van der Waals surface area contributed by atoms with Gasteiger partial charge in [-0.15, -0.1) is 0 Å². The quantitative estimate of drug-likeness (QED) is 0.240. The summed E-state index contributed by atoms with van der Waals surface area (Å²) < 4.78 is 64.5. The van der Waals surface area contributed by atoms with Crippen LogP contribution in [0.2, 0.25) is 0 Å². The van der Waals surface area contributed by atoms with Gasteiger partial charge in [0.2, 0.25) is 5.91 Å². The Kier molecular flexibility index (Phi) is 7.29. The van der Waals surface area contributed by atoms with Crippen molar-refractivity contribution in [3.63, 3.8) is 0 Å². The van der Waals surface area contributed by atoms with Crippen LogP contribution in [-0.4, -0.2) is 62.2 Å². The summed E-state index contributed by atoms with van der Waals surface area (Å²) in [4.78, 5) is 38.8. The molecule has 0 aliphatic carbocycles. The zero-order valence-electron chi connectivity index (χ0n) is 25.0. The second-order valence-electron chi connectivity index (χ2n) is 11.7. The van der Waals surface area contributed by atoms with E-state index in [9.17, 15) is 19.1 Å². The molecule has 9 nitrogen and oxygen atoms in total. The summed E-state index contributed by atoms with van der Waals surface area (Å²) in [6.07, 6.45) is 2.73. The standard InChI is InChI=1S/C32H30F4N6O3/c1-6-20(44)40-12-16(5)41-17(13-40)11-38-28-23-30(26(36)22(25(28)35)21-19(43)8-7-18(33)24(21)34)42(32(45)39-31(23)41)29-15(4)9-10-37-27(29)14(2)3/h6-10,14,16-17,38,43H,1,11-13H2,2-5H3. The first-order valence-corrected chi connectivity index (χ1v) is 14.4. The largest absolute Gasteiger partial charge is 0.507 e. The summed E-state index contributed by atoms with van der Waals surface area (Å²) >= 11 is 0. The molecular weight excluding hydrogens is 592 g/mol. The minimum absolute atomic E-state index is 0.00762. The first-order valence-electron chi connectivity index (χ1n) is 14.4. The summed E-state index contributed by atoms with van der Waals surface area (Å²) in [5.74, 6) is -7.32. The number of amides is 1. The number of hydrogen-bond donors (Lipinski definition) is 2. The van der Waals surface area contributed by atoms with Crippen molar-refractivity contribution in [1.82, 2.24) is 19.4 Å². The van der Waals surface area contributed by atoms with Gasteiger partial charge < -0.3 is 20.2 Å². The SMILES string of the molecule is C=CC(=O)N1CC(C)N2c3nc(=O)n(-c4c(C)ccnc4C(C)C)c4c(F)c(-c5c(O)ccc(F)c5F)c(F)c(c34)NCC2C1. The molecule has 0 spiro atoms. The van der Waals surface area contributed by atoms with Crippen LogP contribution in [0.1, 0.15) is 37.9 Å². The molecule has 234 valence electrons. The number of phenolic OH excluding ortho intramolecular Hbond substituents is 1. The number of aromatic nitrogens is 3. The van der Waals surface area contributed by atoms with E-state index in [0.29, 0.717) is 17.3 Å². The molecular formula is C32H30F4N6O3. The molecule has 0 saturated carbocycles. The molecule has 2 atom stereocenters. The van der Waals surface area contributed by atoms with Gasteiger partial charge in [-0.2, -0.15) is 4.98 Å². The molecule has 1 fully saturated rings. The molecule has 0 radical (unpaired) electrons. The van der Waals surface area contributed by atoms with E-state index in [1.54, 1.807) is 35.9 Å². The molecule has 2 aliphatic rings. The molecule has 2 N–H and O–H groups in total. The van der Waals surface area contributed by atoms with Crippen LogP contribution in [0.25, 0.3) is 27.7 Å². The number of hydrogen-bond acceptors (Lipinski definition) is 7. The first-order chi connectivity index (χ1) is 21.4. The van der Waals surface area contributed by atoms with E-state index >= 15 is 13.2 Å². The average Bonchev–Trinajstić information content (AvgIpc) is 3.16. The van der Waals surface area contributed by atoms with Crippen LogP contribution in [0.3, 0.4) is 0 Å². The van der Waals surface area contributed by atoms with Gasteiger partial charge in [-0.05, 0) is 49.6 Å². The summed E-state index contributed by atoms with van der Waals surface area (Å²) in [6, 6.07) is 2.06. The minimum atomic E-state index is -1.67. The summed E-state index contributed by atoms with van der Waals surface area (Å²) in [7, 11) is 0. The van der Waals surface area contributed by atoms with Crippen LogP contribution in [-0.2, 0) is 4.79 Å². The lowest BCUT2D eigenvalue weighted by atomic mass is 9.97. The van der Waals surface area contributed by atoms with Crippen LogP contribution in [0.15, 0.2) is 41.8 Å². The third-order valence-electron chi connectivity index (χ3n) is 8.47. The van der Waals surface area contributed by atoms with Gasteiger partial charge in [0.25, 0.3) is 0 Å². The number of nitrogens with zero attached hydrogens (tertiary/aromatic N) is 5. The highest BCUT2D eigenvalue weighted by atomic mass is 19.2. The number of aromatic hydroxyl groups is 1. The maximum absolute atomic E-state index is 17.1. The lowest BCUT2D eigenvalue weighted by molar-refractivity contribution is -0.127. The number of rotatable bonds is 4. The highest BCUT2D eigenvalue weighted by molar-refractivity contribution is 6.05. The fourth-order valence-electron chi connectivity index (χ4n) is 6.50. The number of nitrogens with one attached hydrogen (secondary N) is 1. The molecule has 2 unspecified atom stereocenters. The van der Waals surface area contributed by atoms with E-state index in [4.69, 9.17) is 0 Å². The van der Waals surface area contributed by atoms with Crippen molar-refractivity contribution >= 4 is 28.3 Å². The number of carbonyl (C=O) groups is 1. The smallest absolute Gasteiger partial charge is 0.354 e. The second kappa shape index (κ2) is 10.9. The maximum Gasteiger partial charge on any atom is 0.354 e. The van der Waals surface area contributed by atoms with Crippen molar-refractivity contribution in [1.29, 1.82) is 0 Å². The molecule has 4 aromatic rings. The van der Waals surface area contributed by atoms with Crippen LogP contribution in [0.5, 0.6) is 5.75 Å². The molecule has 1 saturated heterocycles. The fraction of sp³-hybridized carbons (Fsp3) is 0.312. The van der Waals surface area contributed by atoms with E-state index in [1.165, 1.54) is 6.08 Å². The third kappa shape index (κ3) is 4.51. The number of benzene rings is 2. The lowest BCUT2D eigenvalue weighted by Gasteiger charge is -2.45. The van der Waals surface area contributed by atoms with E-state index in [2.05, 4.69) is 21.9 Å². The predicted molar refractivity (Wildman–Crippen MR) is 162 cm³/mol.